The van der Waals surface area contributed by atoms with Crippen molar-refractivity contribution in [3.63, 3.8) is 0 Å². The number of fused-ring (bicyclic) bond motifs is 1. The topological polar surface area (TPSA) is 86.9 Å². The number of imidazole rings is 1. The normalized spacial score (nSPS) is 11.1. The fraction of sp³-hybridized carbons (Fsp3) is 0.0303. The SMILES string of the molecule is Cn1cnc(-c2cc3nccc(Oc4ccc(NC(=O)c5cnn(-c6ccccc6)c5-c5ccccc5)cc4F)c3s2)c1. The van der Waals surface area contributed by atoms with E-state index in [0.29, 0.717) is 17.0 Å². The Hall–Kier alpha value is -5.61. The molecule has 0 spiro atoms. The number of benzene rings is 3. The lowest BCUT2D eigenvalue weighted by Gasteiger charge is -2.12. The molecule has 0 saturated heterocycles. The third-order valence-electron chi connectivity index (χ3n) is 6.80. The maximum Gasteiger partial charge on any atom is 0.259 e. The molecule has 0 aliphatic heterocycles. The number of halogens is 1. The number of para-hydroxylation sites is 1. The molecule has 1 amide bonds. The van der Waals surface area contributed by atoms with Crippen molar-refractivity contribution in [1.82, 2.24) is 24.3 Å². The minimum absolute atomic E-state index is 0.0279. The smallest absolute Gasteiger partial charge is 0.259 e. The van der Waals surface area contributed by atoms with Crippen LogP contribution in [0.1, 0.15) is 10.4 Å². The Bertz CT molecular complexity index is 2090. The van der Waals surface area contributed by atoms with E-state index < -0.39 is 11.7 Å². The van der Waals surface area contributed by atoms with Gasteiger partial charge in [-0.1, -0.05) is 48.5 Å². The summed E-state index contributed by atoms with van der Waals surface area (Å²) >= 11 is 1.47. The number of ether oxygens (including phenoxy) is 1. The molecule has 0 bridgehead atoms. The average molecular weight is 587 g/mol. The molecule has 4 heterocycles. The number of nitrogens with one attached hydrogen (secondary N) is 1. The summed E-state index contributed by atoms with van der Waals surface area (Å²) in [5, 5.41) is 7.32. The maximum absolute atomic E-state index is 15.3. The number of hydrogen-bond acceptors (Lipinski definition) is 6. The summed E-state index contributed by atoms with van der Waals surface area (Å²) in [7, 11) is 1.91. The van der Waals surface area contributed by atoms with Crippen molar-refractivity contribution in [3.05, 3.63) is 127 Å². The van der Waals surface area contributed by atoms with E-state index in [2.05, 4.69) is 20.4 Å². The average Bonchev–Trinajstić information content (AvgIpc) is 3.78. The number of thiophene rings is 1. The number of aryl methyl sites for hydroxylation is 1. The van der Waals surface area contributed by atoms with E-state index in [9.17, 15) is 4.79 Å². The van der Waals surface area contributed by atoms with Gasteiger partial charge in [0.15, 0.2) is 11.6 Å². The van der Waals surface area contributed by atoms with Crippen molar-refractivity contribution >= 4 is 33.1 Å². The summed E-state index contributed by atoms with van der Waals surface area (Å²) in [4.78, 5) is 23.3. The Labute approximate surface area is 249 Å². The zero-order valence-corrected chi connectivity index (χ0v) is 23.6. The predicted octanol–water partition coefficient (Wildman–Crippen LogP) is 7.73. The second kappa shape index (κ2) is 11.0. The van der Waals surface area contributed by atoms with Crippen LogP contribution in [0.15, 0.2) is 116 Å². The lowest BCUT2D eigenvalue weighted by atomic mass is 10.1. The molecule has 10 heteroatoms. The summed E-state index contributed by atoms with van der Waals surface area (Å²) in [5.41, 5.74) is 4.48. The van der Waals surface area contributed by atoms with Crippen molar-refractivity contribution in [3.8, 4) is 39.0 Å². The predicted molar refractivity (Wildman–Crippen MR) is 165 cm³/mol. The van der Waals surface area contributed by atoms with Crippen LogP contribution in [0.3, 0.4) is 0 Å². The number of carbonyl (C=O) groups excluding carboxylic acids is 1. The second-order valence-electron chi connectivity index (χ2n) is 9.78. The van der Waals surface area contributed by atoms with Gasteiger partial charge in [-0.2, -0.15) is 5.10 Å². The molecule has 7 rings (SSSR count). The first-order valence-electron chi connectivity index (χ1n) is 13.4. The Morgan fingerprint density at radius 1 is 0.930 bits per heavy atom. The Kier molecular flexibility index (Phi) is 6.72. The third-order valence-corrected chi connectivity index (χ3v) is 7.97. The van der Waals surface area contributed by atoms with Crippen LogP contribution in [0, 0.1) is 5.82 Å². The lowest BCUT2D eigenvalue weighted by molar-refractivity contribution is 0.102. The number of hydrogen-bond donors (Lipinski definition) is 1. The zero-order chi connectivity index (χ0) is 29.3. The highest BCUT2D eigenvalue weighted by Gasteiger charge is 2.21. The van der Waals surface area contributed by atoms with Crippen LogP contribution < -0.4 is 10.1 Å². The van der Waals surface area contributed by atoms with E-state index in [0.717, 1.165) is 32.0 Å². The fourth-order valence-electron chi connectivity index (χ4n) is 4.79. The summed E-state index contributed by atoms with van der Waals surface area (Å²) in [6, 6.07) is 27.1. The van der Waals surface area contributed by atoms with E-state index in [1.807, 2.05) is 84.5 Å². The zero-order valence-electron chi connectivity index (χ0n) is 22.8. The van der Waals surface area contributed by atoms with Crippen LogP contribution in [-0.2, 0) is 7.05 Å². The molecule has 0 atom stereocenters. The van der Waals surface area contributed by atoms with E-state index in [4.69, 9.17) is 4.74 Å². The largest absolute Gasteiger partial charge is 0.453 e. The monoisotopic (exact) mass is 586 g/mol. The number of pyridine rings is 1. The van der Waals surface area contributed by atoms with E-state index >= 15 is 4.39 Å². The van der Waals surface area contributed by atoms with Crippen molar-refractivity contribution in [1.29, 1.82) is 0 Å². The molecule has 0 aliphatic carbocycles. The minimum Gasteiger partial charge on any atom is -0.453 e. The van der Waals surface area contributed by atoms with Crippen molar-refractivity contribution < 1.29 is 13.9 Å². The fourth-order valence-corrected chi connectivity index (χ4v) is 5.82. The molecule has 4 aromatic heterocycles. The van der Waals surface area contributed by atoms with Crippen LogP contribution in [-0.4, -0.2) is 30.2 Å². The quantitative estimate of drug-likeness (QED) is 0.207. The van der Waals surface area contributed by atoms with Gasteiger partial charge in [-0.3, -0.25) is 9.78 Å². The Morgan fingerprint density at radius 3 is 2.47 bits per heavy atom. The highest BCUT2D eigenvalue weighted by molar-refractivity contribution is 7.22. The number of aromatic nitrogens is 5. The van der Waals surface area contributed by atoms with Gasteiger partial charge in [0.2, 0.25) is 0 Å². The number of anilines is 1. The molecule has 8 nitrogen and oxygen atoms in total. The second-order valence-corrected chi connectivity index (χ2v) is 10.8. The van der Waals surface area contributed by atoms with Crippen LogP contribution in [0.4, 0.5) is 10.1 Å². The minimum atomic E-state index is -0.618. The number of amides is 1. The number of carbonyl (C=O) groups is 1. The molecule has 0 saturated carbocycles. The van der Waals surface area contributed by atoms with E-state index in [1.54, 1.807) is 29.3 Å². The summed E-state index contributed by atoms with van der Waals surface area (Å²) < 4.78 is 25.7. The van der Waals surface area contributed by atoms with Gasteiger partial charge < -0.3 is 14.6 Å². The molecule has 0 radical (unpaired) electrons. The van der Waals surface area contributed by atoms with Crippen LogP contribution in [0.25, 0.3) is 37.7 Å². The highest BCUT2D eigenvalue weighted by Crippen LogP contribution is 2.39. The van der Waals surface area contributed by atoms with Crippen molar-refractivity contribution in [2.45, 2.75) is 0 Å². The van der Waals surface area contributed by atoms with Crippen LogP contribution in [0.2, 0.25) is 0 Å². The summed E-state index contributed by atoms with van der Waals surface area (Å²) in [6.45, 7) is 0. The standard InChI is InChI=1S/C33H23FN6O2S/c1-39-19-27(36-20-39)30-17-26-32(43-30)29(14-15-35-26)42-28-13-12-22(16-25(28)34)38-33(41)24-18-37-40(23-10-6-3-7-11-23)31(24)21-8-4-2-5-9-21/h2-20H,1H3,(H,38,41). The Morgan fingerprint density at radius 2 is 1.72 bits per heavy atom. The summed E-state index contributed by atoms with van der Waals surface area (Å²) in [6.07, 6.45) is 6.80. The van der Waals surface area contributed by atoms with Gasteiger partial charge in [0.05, 0.1) is 50.3 Å². The van der Waals surface area contributed by atoms with Gasteiger partial charge in [0.25, 0.3) is 5.91 Å². The van der Waals surface area contributed by atoms with Gasteiger partial charge in [-0.25, -0.2) is 14.1 Å². The van der Waals surface area contributed by atoms with Gasteiger partial charge >= 0.3 is 0 Å². The molecule has 7 aromatic rings. The maximum atomic E-state index is 15.3. The van der Waals surface area contributed by atoms with E-state index in [-0.39, 0.29) is 11.4 Å². The van der Waals surface area contributed by atoms with Gasteiger partial charge in [0.1, 0.15) is 5.75 Å². The highest BCUT2D eigenvalue weighted by atomic mass is 32.1. The molecule has 0 aliphatic rings. The first kappa shape index (κ1) is 26.3. The molecule has 0 fully saturated rings. The number of nitrogens with zero attached hydrogens (tertiary/aromatic N) is 5. The first-order valence-corrected chi connectivity index (χ1v) is 14.2. The Balaban J connectivity index is 1.15. The third kappa shape index (κ3) is 5.15. The molecule has 3 aromatic carbocycles. The molecular weight excluding hydrogens is 563 g/mol. The van der Waals surface area contributed by atoms with Crippen LogP contribution >= 0.6 is 11.3 Å². The molecule has 1 N–H and O–H groups in total. The van der Waals surface area contributed by atoms with Crippen molar-refractivity contribution in [2.75, 3.05) is 5.32 Å². The van der Waals surface area contributed by atoms with Gasteiger partial charge in [-0.15, -0.1) is 11.3 Å². The summed E-state index contributed by atoms with van der Waals surface area (Å²) in [5.74, 6) is -0.521. The first-order chi connectivity index (χ1) is 21.0. The van der Waals surface area contributed by atoms with E-state index in [1.165, 1.54) is 29.7 Å². The van der Waals surface area contributed by atoms with Crippen molar-refractivity contribution in [2.24, 2.45) is 7.05 Å². The molecule has 210 valence electrons. The van der Waals surface area contributed by atoms with Gasteiger partial charge in [-0.05, 0) is 30.3 Å². The lowest BCUT2D eigenvalue weighted by Crippen LogP contribution is -2.13. The molecule has 43 heavy (non-hydrogen) atoms. The number of rotatable bonds is 7. The van der Waals surface area contributed by atoms with Crippen LogP contribution in [0.5, 0.6) is 11.5 Å². The molecule has 0 unspecified atom stereocenters. The molecular formula is C33H23FN6O2S. The van der Waals surface area contributed by atoms with Gasteiger partial charge in [0, 0.05) is 42.8 Å².